The van der Waals surface area contributed by atoms with E-state index < -0.39 is 6.04 Å². The van der Waals surface area contributed by atoms with E-state index in [1.807, 2.05) is 42.5 Å². The number of carbonyl (C=O) groups is 2. The topological polar surface area (TPSA) is 49.4 Å². The third-order valence-corrected chi connectivity index (χ3v) is 6.71. The first kappa shape index (κ1) is 21.4. The molecule has 0 aromatic heterocycles. The fraction of sp³-hybridized carbons (Fsp3) is 0.185. The highest BCUT2D eigenvalue weighted by atomic mass is 35.5. The summed E-state index contributed by atoms with van der Waals surface area (Å²) in [6.45, 7) is 1.50. The fourth-order valence-electron chi connectivity index (χ4n) is 4.90. The molecular formula is C27H22ClFN2O2. The average Bonchev–Trinajstić information content (AvgIpc) is 2.94. The van der Waals surface area contributed by atoms with Gasteiger partial charge in [0.15, 0.2) is 5.78 Å². The van der Waals surface area contributed by atoms with Gasteiger partial charge in [-0.2, -0.15) is 0 Å². The second-order valence-corrected chi connectivity index (χ2v) is 8.83. The Morgan fingerprint density at radius 1 is 1.00 bits per heavy atom. The van der Waals surface area contributed by atoms with Crippen LogP contribution in [-0.4, -0.2) is 11.7 Å². The van der Waals surface area contributed by atoms with Gasteiger partial charge in [-0.3, -0.25) is 14.5 Å². The number of nitrogens with zero attached hydrogens (tertiary/aromatic N) is 1. The van der Waals surface area contributed by atoms with Crippen molar-refractivity contribution in [1.29, 1.82) is 0 Å². The predicted octanol–water partition coefficient (Wildman–Crippen LogP) is 6.40. The summed E-state index contributed by atoms with van der Waals surface area (Å²) in [7, 11) is 0. The van der Waals surface area contributed by atoms with Gasteiger partial charge in [0.1, 0.15) is 5.82 Å². The molecule has 0 saturated heterocycles. The number of hydrogen-bond acceptors (Lipinski definition) is 3. The Bertz CT molecular complexity index is 1290. The summed E-state index contributed by atoms with van der Waals surface area (Å²) in [4.78, 5) is 28.3. The van der Waals surface area contributed by atoms with Crippen LogP contribution >= 0.6 is 11.6 Å². The van der Waals surface area contributed by atoms with Crippen molar-refractivity contribution < 1.29 is 14.0 Å². The molecule has 2 atom stereocenters. The maximum Gasteiger partial charge on any atom is 0.224 e. The standard InChI is InChI=1S/C27H22ClFN2O2/c1-16(32)31-24-9-5-4-8-22(24)30-23-14-18(17-10-12-19(29)13-11-17)15-25(33)26(23)27(31)20-6-2-3-7-21(20)28/h2-13,18,27,30H,14-15H2,1H3/t18-,27+/m0/s1. The zero-order chi connectivity index (χ0) is 23.1. The van der Waals surface area contributed by atoms with Crippen LogP contribution in [0.25, 0.3) is 0 Å². The molecule has 0 bridgehead atoms. The molecule has 6 heteroatoms. The van der Waals surface area contributed by atoms with Gasteiger partial charge in [-0.05, 0) is 53.8 Å². The Balaban J connectivity index is 1.71. The third-order valence-electron chi connectivity index (χ3n) is 6.37. The number of allylic oxidation sites excluding steroid dienone is 1. The highest BCUT2D eigenvalue weighted by molar-refractivity contribution is 6.31. The van der Waals surface area contributed by atoms with Crippen LogP contribution in [0.5, 0.6) is 0 Å². The molecule has 0 fully saturated rings. The number of rotatable bonds is 2. The van der Waals surface area contributed by atoms with E-state index in [4.69, 9.17) is 11.6 Å². The van der Waals surface area contributed by atoms with Gasteiger partial charge in [-0.1, -0.05) is 54.1 Å². The number of hydrogen-bond donors (Lipinski definition) is 1. The third kappa shape index (κ3) is 3.83. The minimum atomic E-state index is -0.649. The number of fused-ring (bicyclic) bond motifs is 1. The maximum atomic E-state index is 13.7. The molecule has 0 radical (unpaired) electrons. The number of halogens is 2. The Kier molecular flexibility index (Phi) is 5.51. The van der Waals surface area contributed by atoms with Crippen LogP contribution in [0, 0.1) is 5.82 Å². The molecule has 1 amide bonds. The molecule has 3 aromatic carbocycles. The molecule has 5 rings (SSSR count). The SMILES string of the molecule is CC(=O)N1c2ccccc2NC2=C(C(=O)C[C@@H](c3ccc(F)cc3)C2)[C@H]1c1ccccc1Cl. The molecule has 0 saturated carbocycles. The van der Waals surface area contributed by atoms with Crippen LogP contribution in [0.15, 0.2) is 84.1 Å². The Morgan fingerprint density at radius 2 is 1.70 bits per heavy atom. The second-order valence-electron chi connectivity index (χ2n) is 8.43. The van der Waals surface area contributed by atoms with E-state index in [9.17, 15) is 14.0 Å². The van der Waals surface area contributed by atoms with E-state index in [-0.39, 0.29) is 29.8 Å². The van der Waals surface area contributed by atoms with Crippen LogP contribution in [0.3, 0.4) is 0 Å². The number of amides is 1. The first-order chi connectivity index (χ1) is 15.9. The molecule has 2 aliphatic rings. The number of benzene rings is 3. The molecule has 0 spiro atoms. The average molecular weight is 461 g/mol. The molecule has 33 heavy (non-hydrogen) atoms. The van der Waals surface area contributed by atoms with Crippen molar-refractivity contribution in [1.82, 2.24) is 0 Å². The quantitative estimate of drug-likeness (QED) is 0.481. The van der Waals surface area contributed by atoms with Crippen molar-refractivity contribution in [3.05, 3.63) is 106 Å². The first-order valence-corrected chi connectivity index (χ1v) is 11.2. The summed E-state index contributed by atoms with van der Waals surface area (Å²) in [6.07, 6.45) is 0.836. The molecule has 1 heterocycles. The number of nitrogens with one attached hydrogen (secondary N) is 1. The van der Waals surface area contributed by atoms with E-state index >= 15 is 0 Å². The van der Waals surface area contributed by atoms with Crippen molar-refractivity contribution in [2.24, 2.45) is 0 Å². The lowest BCUT2D eigenvalue weighted by Gasteiger charge is -2.35. The Hall–Kier alpha value is -3.44. The minimum Gasteiger partial charge on any atom is -0.357 e. The zero-order valence-electron chi connectivity index (χ0n) is 18.0. The summed E-state index contributed by atoms with van der Waals surface area (Å²) >= 11 is 6.60. The zero-order valence-corrected chi connectivity index (χ0v) is 18.8. The van der Waals surface area contributed by atoms with Gasteiger partial charge < -0.3 is 5.32 Å². The molecule has 1 aliphatic heterocycles. The molecule has 1 aliphatic carbocycles. The summed E-state index contributed by atoms with van der Waals surface area (Å²) in [5.74, 6) is -0.635. The normalized spacial score (nSPS) is 20.0. The lowest BCUT2D eigenvalue weighted by Crippen LogP contribution is -2.37. The highest BCUT2D eigenvalue weighted by Gasteiger charge is 2.41. The molecular weight excluding hydrogens is 439 g/mol. The molecule has 3 aromatic rings. The van der Waals surface area contributed by atoms with Gasteiger partial charge in [0.25, 0.3) is 0 Å². The lowest BCUT2D eigenvalue weighted by atomic mass is 9.78. The van der Waals surface area contributed by atoms with E-state index in [1.165, 1.54) is 19.1 Å². The van der Waals surface area contributed by atoms with E-state index in [0.717, 1.165) is 16.9 Å². The van der Waals surface area contributed by atoms with Gasteiger partial charge >= 0.3 is 0 Å². The molecule has 166 valence electrons. The van der Waals surface area contributed by atoms with E-state index in [2.05, 4.69) is 5.32 Å². The van der Waals surface area contributed by atoms with Crippen molar-refractivity contribution in [2.45, 2.75) is 31.7 Å². The van der Waals surface area contributed by atoms with Gasteiger partial charge in [-0.15, -0.1) is 0 Å². The van der Waals surface area contributed by atoms with Crippen molar-refractivity contribution in [2.75, 3.05) is 10.2 Å². The largest absolute Gasteiger partial charge is 0.357 e. The number of anilines is 2. The van der Waals surface area contributed by atoms with Gasteiger partial charge in [0.2, 0.25) is 5.91 Å². The number of para-hydroxylation sites is 2. The number of carbonyl (C=O) groups excluding carboxylic acids is 2. The predicted molar refractivity (Wildman–Crippen MR) is 128 cm³/mol. The monoisotopic (exact) mass is 460 g/mol. The smallest absolute Gasteiger partial charge is 0.224 e. The number of ketones is 1. The number of Topliss-reactive ketones (excluding diaryl/α,β-unsaturated/α-hetero) is 1. The summed E-state index contributed by atoms with van der Waals surface area (Å²) < 4.78 is 13.5. The van der Waals surface area contributed by atoms with Crippen molar-refractivity contribution >= 4 is 34.7 Å². The van der Waals surface area contributed by atoms with Crippen LogP contribution < -0.4 is 10.2 Å². The Labute approximate surface area is 196 Å². The van der Waals surface area contributed by atoms with Gasteiger partial charge in [-0.25, -0.2) is 4.39 Å². The fourth-order valence-corrected chi connectivity index (χ4v) is 5.14. The van der Waals surface area contributed by atoms with Crippen molar-refractivity contribution in [3.8, 4) is 0 Å². The van der Waals surface area contributed by atoms with Gasteiger partial charge in [0.05, 0.1) is 17.4 Å². The minimum absolute atomic E-state index is 0.0537. The first-order valence-electron chi connectivity index (χ1n) is 10.9. The van der Waals surface area contributed by atoms with Crippen LogP contribution in [0.1, 0.15) is 42.9 Å². The van der Waals surface area contributed by atoms with Crippen LogP contribution in [-0.2, 0) is 9.59 Å². The maximum absolute atomic E-state index is 13.7. The van der Waals surface area contributed by atoms with Gasteiger partial charge in [0, 0.05) is 29.6 Å². The van der Waals surface area contributed by atoms with E-state index in [0.29, 0.717) is 28.3 Å². The van der Waals surface area contributed by atoms with Crippen LogP contribution in [0.4, 0.5) is 15.8 Å². The van der Waals surface area contributed by atoms with Crippen LogP contribution in [0.2, 0.25) is 5.02 Å². The molecule has 1 N–H and O–H groups in total. The Morgan fingerprint density at radius 3 is 2.42 bits per heavy atom. The highest BCUT2D eigenvalue weighted by Crippen LogP contribution is 2.48. The van der Waals surface area contributed by atoms with E-state index in [1.54, 1.807) is 23.1 Å². The molecule has 0 unspecified atom stereocenters. The lowest BCUT2D eigenvalue weighted by molar-refractivity contribution is -0.117. The summed E-state index contributed by atoms with van der Waals surface area (Å²) in [6, 6.07) is 20.5. The second kappa shape index (κ2) is 8.49. The van der Waals surface area contributed by atoms with Crippen molar-refractivity contribution in [3.63, 3.8) is 0 Å². The summed E-state index contributed by atoms with van der Waals surface area (Å²) in [5, 5.41) is 3.95. The molecule has 4 nitrogen and oxygen atoms in total. The summed E-state index contributed by atoms with van der Waals surface area (Å²) in [5.41, 5.74) is 4.37.